The van der Waals surface area contributed by atoms with Crippen molar-refractivity contribution in [2.45, 2.75) is 30.5 Å². The first kappa shape index (κ1) is 21.0. The summed E-state index contributed by atoms with van der Waals surface area (Å²) >= 11 is 0. The lowest BCUT2D eigenvalue weighted by Gasteiger charge is -2.20. The molecule has 150 valence electrons. The predicted octanol–water partition coefficient (Wildman–Crippen LogP) is 3.16. The summed E-state index contributed by atoms with van der Waals surface area (Å²) in [6.07, 6.45) is -7.60. The lowest BCUT2D eigenvalue weighted by Crippen LogP contribution is -2.30. The van der Waals surface area contributed by atoms with Crippen molar-refractivity contribution < 1.29 is 39.5 Å². The molecule has 0 fully saturated rings. The van der Waals surface area contributed by atoms with Gasteiger partial charge in [0.1, 0.15) is 23.0 Å². The van der Waals surface area contributed by atoms with Gasteiger partial charge >= 0.3 is 12.5 Å². The number of benzene rings is 1. The van der Waals surface area contributed by atoms with E-state index in [4.69, 9.17) is 0 Å². The first-order valence-electron chi connectivity index (χ1n) is 7.17. The van der Waals surface area contributed by atoms with Crippen LogP contribution in [0.1, 0.15) is 5.82 Å². The second-order valence-electron chi connectivity index (χ2n) is 5.34. The predicted molar refractivity (Wildman–Crippen MR) is 80.1 cm³/mol. The Balaban J connectivity index is 2.30. The van der Waals surface area contributed by atoms with Crippen LogP contribution in [0.4, 0.5) is 26.3 Å². The van der Waals surface area contributed by atoms with E-state index in [0.717, 1.165) is 37.6 Å². The zero-order valence-electron chi connectivity index (χ0n) is 13.6. The Hall–Kier alpha value is -2.28. The van der Waals surface area contributed by atoms with Crippen LogP contribution in [-0.2, 0) is 23.1 Å². The molecule has 0 aliphatic heterocycles. The van der Waals surface area contributed by atoms with Crippen LogP contribution < -0.4 is 4.74 Å². The van der Waals surface area contributed by atoms with Crippen LogP contribution in [-0.4, -0.2) is 41.9 Å². The number of hydrogen-bond acceptors (Lipinski definition) is 4. The number of ether oxygens (including phenoxy) is 1. The van der Waals surface area contributed by atoms with Crippen LogP contribution in [0.5, 0.6) is 5.75 Å². The van der Waals surface area contributed by atoms with Gasteiger partial charge in [0, 0.05) is 19.4 Å². The molecule has 1 aromatic carbocycles. The van der Waals surface area contributed by atoms with Crippen molar-refractivity contribution in [3.8, 4) is 5.75 Å². The zero-order valence-corrected chi connectivity index (χ0v) is 14.4. The summed E-state index contributed by atoms with van der Waals surface area (Å²) in [6.45, 7) is -1.98. The maximum atomic E-state index is 12.6. The second kappa shape index (κ2) is 7.38. The van der Waals surface area contributed by atoms with E-state index in [1.165, 1.54) is 6.07 Å². The van der Waals surface area contributed by atoms with Gasteiger partial charge in [-0.15, -0.1) is 13.2 Å². The lowest BCUT2D eigenvalue weighted by molar-refractivity contribution is -0.275. The molecule has 2 aromatic rings. The van der Waals surface area contributed by atoms with Crippen molar-refractivity contribution in [3.05, 3.63) is 42.5 Å². The SMILES string of the molecule is CN(Cc1nccn1CC(F)(F)F)S(=O)(=O)c1ccccc1OC(F)(F)F. The van der Waals surface area contributed by atoms with Crippen molar-refractivity contribution in [2.75, 3.05) is 7.05 Å². The maximum Gasteiger partial charge on any atom is 0.573 e. The fourth-order valence-corrected chi connectivity index (χ4v) is 3.39. The van der Waals surface area contributed by atoms with Crippen molar-refractivity contribution >= 4 is 10.0 Å². The first-order chi connectivity index (χ1) is 12.3. The van der Waals surface area contributed by atoms with E-state index in [2.05, 4.69) is 9.72 Å². The number of halogens is 6. The highest BCUT2D eigenvalue weighted by molar-refractivity contribution is 7.89. The quantitative estimate of drug-likeness (QED) is 0.678. The van der Waals surface area contributed by atoms with Gasteiger partial charge in [0.25, 0.3) is 0 Å². The topological polar surface area (TPSA) is 64.4 Å². The Morgan fingerprint density at radius 3 is 2.37 bits per heavy atom. The van der Waals surface area contributed by atoms with E-state index in [0.29, 0.717) is 8.87 Å². The molecule has 0 aliphatic carbocycles. The molecule has 1 heterocycles. The molecule has 0 spiro atoms. The van der Waals surface area contributed by atoms with E-state index in [1.807, 2.05) is 0 Å². The molecule has 6 nitrogen and oxygen atoms in total. The van der Waals surface area contributed by atoms with Gasteiger partial charge in [-0.25, -0.2) is 13.4 Å². The molecule has 13 heteroatoms. The van der Waals surface area contributed by atoms with Crippen molar-refractivity contribution in [1.82, 2.24) is 13.9 Å². The van der Waals surface area contributed by atoms with Crippen LogP contribution >= 0.6 is 0 Å². The summed E-state index contributed by atoms with van der Waals surface area (Å²) in [5.74, 6) is -1.18. The standard InChI is InChI=1S/C14H13F6N3O3S/c1-22(8-12-21-6-7-23(12)9-13(15,16)17)27(24,25)11-5-3-2-4-10(11)26-14(18,19)20/h2-7H,8-9H2,1H3. The third-order valence-corrected chi connectivity index (χ3v) is 5.12. The Morgan fingerprint density at radius 2 is 1.78 bits per heavy atom. The molecule has 0 N–H and O–H groups in total. The summed E-state index contributed by atoms with van der Waals surface area (Å²) < 4.78 is 105. The molecule has 27 heavy (non-hydrogen) atoms. The minimum atomic E-state index is -5.12. The molecule has 0 amide bonds. The molecule has 0 unspecified atom stereocenters. The summed E-state index contributed by atoms with van der Waals surface area (Å²) in [5, 5.41) is 0. The van der Waals surface area contributed by atoms with Gasteiger partial charge in [0.05, 0.1) is 6.54 Å². The van der Waals surface area contributed by atoms with Gasteiger partial charge in [0.2, 0.25) is 10.0 Å². The number of aromatic nitrogens is 2. The van der Waals surface area contributed by atoms with Gasteiger partial charge < -0.3 is 9.30 Å². The highest BCUT2D eigenvalue weighted by Crippen LogP contribution is 2.31. The number of imidazole rings is 1. The number of para-hydroxylation sites is 1. The number of alkyl halides is 6. The molecular weight excluding hydrogens is 404 g/mol. The van der Waals surface area contributed by atoms with Gasteiger partial charge in [-0.1, -0.05) is 12.1 Å². The molecule has 0 saturated heterocycles. The average Bonchev–Trinajstić information content (AvgIpc) is 2.91. The highest BCUT2D eigenvalue weighted by atomic mass is 32.2. The number of rotatable bonds is 6. The van der Waals surface area contributed by atoms with Gasteiger partial charge in [0.15, 0.2) is 0 Å². The molecule has 2 rings (SSSR count). The molecule has 0 saturated carbocycles. The van der Waals surface area contributed by atoms with E-state index < -0.39 is 46.3 Å². The number of sulfonamides is 1. The normalized spacial score (nSPS) is 13.2. The fraction of sp³-hybridized carbons (Fsp3) is 0.357. The molecule has 0 radical (unpaired) electrons. The lowest BCUT2D eigenvalue weighted by atomic mass is 10.3. The Kier molecular flexibility index (Phi) is 5.75. The molecular formula is C14H13F6N3O3S. The summed E-state index contributed by atoms with van der Waals surface area (Å²) in [7, 11) is -3.50. The summed E-state index contributed by atoms with van der Waals surface area (Å²) in [4.78, 5) is 2.90. The van der Waals surface area contributed by atoms with Crippen LogP contribution in [0.2, 0.25) is 0 Å². The third kappa shape index (κ3) is 5.60. The van der Waals surface area contributed by atoms with E-state index in [9.17, 15) is 34.8 Å². The van der Waals surface area contributed by atoms with Crippen LogP contribution in [0.15, 0.2) is 41.6 Å². The summed E-state index contributed by atoms with van der Waals surface area (Å²) in [6, 6.07) is 4.05. The largest absolute Gasteiger partial charge is 0.573 e. The molecule has 1 aromatic heterocycles. The second-order valence-corrected chi connectivity index (χ2v) is 7.36. The zero-order chi connectivity index (χ0) is 20.5. The van der Waals surface area contributed by atoms with Crippen LogP contribution in [0, 0.1) is 0 Å². The van der Waals surface area contributed by atoms with Crippen LogP contribution in [0.3, 0.4) is 0 Å². The molecule has 0 aliphatic rings. The molecule has 0 atom stereocenters. The fourth-order valence-electron chi connectivity index (χ4n) is 2.15. The smallest absolute Gasteiger partial charge is 0.404 e. The first-order valence-corrected chi connectivity index (χ1v) is 8.61. The average molecular weight is 417 g/mol. The number of hydrogen-bond donors (Lipinski definition) is 0. The van der Waals surface area contributed by atoms with Gasteiger partial charge in [-0.3, -0.25) is 0 Å². The Bertz CT molecular complexity index is 892. The highest BCUT2D eigenvalue weighted by Gasteiger charge is 2.35. The Morgan fingerprint density at radius 1 is 1.15 bits per heavy atom. The minimum Gasteiger partial charge on any atom is -0.404 e. The Labute approximate surface area is 150 Å². The van der Waals surface area contributed by atoms with Crippen molar-refractivity contribution in [3.63, 3.8) is 0 Å². The van der Waals surface area contributed by atoms with E-state index in [-0.39, 0.29) is 5.82 Å². The number of nitrogens with zero attached hydrogens (tertiary/aromatic N) is 3. The molecule has 0 bridgehead atoms. The minimum absolute atomic E-state index is 0.229. The maximum absolute atomic E-state index is 12.6. The van der Waals surface area contributed by atoms with E-state index >= 15 is 0 Å². The van der Waals surface area contributed by atoms with Crippen molar-refractivity contribution in [1.29, 1.82) is 0 Å². The summed E-state index contributed by atoms with van der Waals surface area (Å²) in [5.41, 5.74) is 0. The van der Waals surface area contributed by atoms with E-state index in [1.54, 1.807) is 0 Å². The van der Waals surface area contributed by atoms with Gasteiger partial charge in [-0.2, -0.15) is 17.5 Å². The monoisotopic (exact) mass is 417 g/mol. The van der Waals surface area contributed by atoms with Crippen LogP contribution in [0.25, 0.3) is 0 Å². The third-order valence-electron chi connectivity index (χ3n) is 3.28. The van der Waals surface area contributed by atoms with Gasteiger partial charge in [-0.05, 0) is 12.1 Å². The van der Waals surface area contributed by atoms with Crippen molar-refractivity contribution in [2.24, 2.45) is 0 Å².